The fourth-order valence-electron chi connectivity index (χ4n) is 2.17. The molecule has 0 saturated carbocycles. The van der Waals surface area contributed by atoms with Crippen molar-refractivity contribution in [2.75, 3.05) is 19.8 Å². The van der Waals surface area contributed by atoms with Crippen LogP contribution in [0, 0.1) is 0 Å². The number of rotatable bonds is 9. The lowest BCUT2D eigenvalue weighted by molar-refractivity contribution is -0.128. The fraction of sp³-hybridized carbons (Fsp3) is 0.389. The highest BCUT2D eigenvalue weighted by Crippen LogP contribution is 2.25. The molecule has 24 heavy (non-hydrogen) atoms. The molecule has 0 radical (unpaired) electrons. The molecule has 0 bridgehead atoms. The van der Waals surface area contributed by atoms with E-state index in [9.17, 15) is 9.59 Å². The van der Waals surface area contributed by atoms with E-state index in [0.717, 1.165) is 34.9 Å². The molecule has 0 aromatic carbocycles. The lowest BCUT2D eigenvalue weighted by Crippen LogP contribution is -2.20. The lowest BCUT2D eigenvalue weighted by Gasteiger charge is -2.09. The minimum absolute atomic E-state index is 0.0391. The molecule has 0 fully saturated rings. The summed E-state index contributed by atoms with van der Waals surface area (Å²) in [5, 5.41) is 2.70. The SMILES string of the molecule is CN(C)C(=O)CCCCCSc1ncccc1C(=O)c1cccs1. The van der Waals surface area contributed by atoms with Crippen LogP contribution in [0.3, 0.4) is 0 Å². The van der Waals surface area contributed by atoms with Gasteiger partial charge in [0.15, 0.2) is 0 Å². The summed E-state index contributed by atoms with van der Waals surface area (Å²) in [5.41, 5.74) is 0.674. The summed E-state index contributed by atoms with van der Waals surface area (Å²) in [6, 6.07) is 7.37. The molecule has 0 aliphatic heterocycles. The molecule has 0 aliphatic carbocycles. The molecule has 2 aromatic rings. The number of aromatic nitrogens is 1. The molecule has 128 valence electrons. The Hall–Kier alpha value is -1.66. The number of hydrogen-bond donors (Lipinski definition) is 0. The third-order valence-electron chi connectivity index (χ3n) is 3.53. The van der Waals surface area contributed by atoms with Crippen LogP contribution in [0.15, 0.2) is 40.9 Å². The lowest BCUT2D eigenvalue weighted by atomic mass is 10.1. The highest BCUT2D eigenvalue weighted by Gasteiger charge is 2.15. The summed E-state index contributed by atoms with van der Waals surface area (Å²) in [7, 11) is 3.57. The standard InChI is InChI=1S/C18H22N2O2S2/c1-20(2)16(21)10-4-3-5-12-24-18-14(8-6-11-19-18)17(22)15-9-7-13-23-15/h6-9,11,13H,3-5,10,12H2,1-2H3. The molecule has 0 atom stereocenters. The molecule has 0 saturated heterocycles. The van der Waals surface area contributed by atoms with Crippen molar-refractivity contribution in [3.63, 3.8) is 0 Å². The Kier molecular flexibility index (Phi) is 7.46. The first kappa shape index (κ1) is 18.7. The summed E-state index contributed by atoms with van der Waals surface area (Å²) >= 11 is 3.07. The van der Waals surface area contributed by atoms with E-state index in [0.29, 0.717) is 12.0 Å². The van der Waals surface area contributed by atoms with Crippen molar-refractivity contribution >= 4 is 34.8 Å². The van der Waals surface area contributed by atoms with Gasteiger partial charge < -0.3 is 4.90 Å². The minimum atomic E-state index is 0.0391. The van der Waals surface area contributed by atoms with E-state index < -0.39 is 0 Å². The van der Waals surface area contributed by atoms with Gasteiger partial charge in [-0.3, -0.25) is 9.59 Å². The van der Waals surface area contributed by atoms with Gasteiger partial charge in [0.25, 0.3) is 0 Å². The summed E-state index contributed by atoms with van der Waals surface area (Å²) in [6.45, 7) is 0. The van der Waals surface area contributed by atoms with Gasteiger partial charge in [0.1, 0.15) is 5.03 Å². The van der Waals surface area contributed by atoms with Crippen molar-refractivity contribution in [2.24, 2.45) is 0 Å². The Morgan fingerprint density at radius 3 is 2.71 bits per heavy atom. The highest BCUT2D eigenvalue weighted by molar-refractivity contribution is 7.99. The topological polar surface area (TPSA) is 50.3 Å². The second-order valence-corrected chi connectivity index (χ2v) is 7.64. The molecule has 1 amide bonds. The van der Waals surface area contributed by atoms with Crippen LogP contribution in [-0.2, 0) is 4.79 Å². The first-order valence-electron chi connectivity index (χ1n) is 7.95. The molecule has 0 aliphatic rings. The quantitative estimate of drug-likeness (QED) is 0.383. The molecule has 4 nitrogen and oxygen atoms in total. The zero-order valence-corrected chi connectivity index (χ0v) is 15.7. The summed E-state index contributed by atoms with van der Waals surface area (Å²) < 4.78 is 0. The van der Waals surface area contributed by atoms with E-state index in [1.54, 1.807) is 43.0 Å². The largest absolute Gasteiger partial charge is 0.349 e. The average Bonchev–Trinajstić information content (AvgIpc) is 3.12. The number of thiophene rings is 1. The van der Waals surface area contributed by atoms with Gasteiger partial charge in [0.2, 0.25) is 11.7 Å². The second-order valence-electron chi connectivity index (χ2n) is 5.61. The van der Waals surface area contributed by atoms with Crippen molar-refractivity contribution in [1.29, 1.82) is 0 Å². The van der Waals surface area contributed by atoms with Gasteiger partial charge in [0, 0.05) is 26.7 Å². The van der Waals surface area contributed by atoms with Crippen LogP contribution in [-0.4, -0.2) is 41.4 Å². The van der Waals surface area contributed by atoms with Crippen molar-refractivity contribution < 1.29 is 9.59 Å². The Balaban J connectivity index is 1.81. The Morgan fingerprint density at radius 1 is 1.17 bits per heavy atom. The zero-order valence-electron chi connectivity index (χ0n) is 14.0. The number of carbonyl (C=O) groups is 2. The predicted molar refractivity (Wildman–Crippen MR) is 99.9 cm³/mol. The summed E-state index contributed by atoms with van der Waals surface area (Å²) in [4.78, 5) is 30.8. The second kappa shape index (κ2) is 9.59. The Morgan fingerprint density at radius 2 is 2.00 bits per heavy atom. The van der Waals surface area contributed by atoms with Gasteiger partial charge in [0.05, 0.1) is 10.4 Å². The third kappa shape index (κ3) is 5.46. The van der Waals surface area contributed by atoms with Crippen LogP contribution in [0.25, 0.3) is 0 Å². The Labute approximate surface area is 151 Å². The van der Waals surface area contributed by atoms with Gasteiger partial charge in [-0.05, 0) is 42.2 Å². The van der Waals surface area contributed by atoms with E-state index in [1.165, 1.54) is 11.3 Å². The fourth-order valence-corrected chi connectivity index (χ4v) is 3.84. The third-order valence-corrected chi connectivity index (χ3v) is 5.49. The van der Waals surface area contributed by atoms with Gasteiger partial charge in [-0.15, -0.1) is 23.1 Å². The number of carbonyl (C=O) groups excluding carboxylic acids is 2. The summed E-state index contributed by atoms with van der Waals surface area (Å²) in [6.07, 6.45) is 5.25. The number of ketones is 1. The highest BCUT2D eigenvalue weighted by atomic mass is 32.2. The number of unbranched alkanes of at least 4 members (excludes halogenated alkanes) is 2. The van der Waals surface area contributed by atoms with Crippen molar-refractivity contribution in [3.8, 4) is 0 Å². The van der Waals surface area contributed by atoms with Crippen molar-refractivity contribution in [1.82, 2.24) is 9.88 Å². The molecule has 2 rings (SSSR count). The predicted octanol–water partition coefficient (Wildman–Crippen LogP) is 4.11. The van der Waals surface area contributed by atoms with E-state index >= 15 is 0 Å². The Bertz CT molecular complexity index is 669. The van der Waals surface area contributed by atoms with E-state index in [-0.39, 0.29) is 11.7 Å². The van der Waals surface area contributed by atoms with E-state index in [2.05, 4.69) is 4.98 Å². The van der Waals surface area contributed by atoms with Crippen LogP contribution in [0.4, 0.5) is 0 Å². The van der Waals surface area contributed by atoms with Gasteiger partial charge in [-0.25, -0.2) is 4.98 Å². The molecule has 6 heteroatoms. The maximum absolute atomic E-state index is 12.5. The van der Waals surface area contributed by atoms with E-state index in [4.69, 9.17) is 0 Å². The average molecular weight is 363 g/mol. The maximum atomic E-state index is 12.5. The van der Waals surface area contributed by atoms with Crippen molar-refractivity contribution in [2.45, 2.75) is 30.7 Å². The van der Waals surface area contributed by atoms with Gasteiger partial charge in [-0.2, -0.15) is 0 Å². The number of nitrogens with zero attached hydrogens (tertiary/aromatic N) is 2. The first-order valence-corrected chi connectivity index (χ1v) is 9.82. The van der Waals surface area contributed by atoms with Crippen molar-refractivity contribution in [3.05, 3.63) is 46.3 Å². The molecule has 0 spiro atoms. The van der Waals surface area contributed by atoms with Crippen LogP contribution < -0.4 is 0 Å². The normalized spacial score (nSPS) is 10.6. The van der Waals surface area contributed by atoms with Gasteiger partial charge in [-0.1, -0.05) is 12.5 Å². The van der Waals surface area contributed by atoms with Gasteiger partial charge >= 0.3 is 0 Å². The molecular weight excluding hydrogens is 340 g/mol. The van der Waals surface area contributed by atoms with Crippen LogP contribution in [0.1, 0.15) is 40.9 Å². The smallest absolute Gasteiger partial charge is 0.222 e. The number of amides is 1. The first-order chi connectivity index (χ1) is 11.6. The molecule has 0 N–H and O–H groups in total. The van der Waals surface area contributed by atoms with Crippen LogP contribution in [0.2, 0.25) is 0 Å². The molecular formula is C18H22N2O2S2. The zero-order chi connectivity index (χ0) is 17.4. The van der Waals surface area contributed by atoms with Crippen LogP contribution in [0.5, 0.6) is 0 Å². The summed E-state index contributed by atoms with van der Waals surface area (Å²) in [5.74, 6) is 1.12. The minimum Gasteiger partial charge on any atom is -0.349 e. The monoisotopic (exact) mass is 362 g/mol. The van der Waals surface area contributed by atoms with Crippen LogP contribution >= 0.6 is 23.1 Å². The number of pyridine rings is 1. The number of hydrogen-bond acceptors (Lipinski definition) is 5. The van der Waals surface area contributed by atoms with E-state index in [1.807, 2.05) is 23.6 Å². The maximum Gasteiger partial charge on any atom is 0.222 e. The molecule has 0 unspecified atom stereocenters. The molecule has 2 heterocycles. The molecule has 2 aromatic heterocycles. The number of thioether (sulfide) groups is 1.